The molecular formula is C22H23F4N7O2. The van der Waals surface area contributed by atoms with Crippen molar-refractivity contribution < 1.29 is 27.2 Å². The van der Waals surface area contributed by atoms with Gasteiger partial charge in [-0.15, -0.1) is 0 Å². The molecule has 2 aromatic rings. The van der Waals surface area contributed by atoms with E-state index < -0.39 is 34.9 Å². The normalized spacial score (nSPS) is 18.9. The molecule has 2 fully saturated rings. The summed E-state index contributed by atoms with van der Waals surface area (Å²) in [5.74, 6) is -2.46. The van der Waals surface area contributed by atoms with Gasteiger partial charge in [-0.25, -0.2) is 4.98 Å². The van der Waals surface area contributed by atoms with Crippen LogP contribution in [-0.2, 0) is 10.3 Å². The fourth-order valence-corrected chi connectivity index (χ4v) is 4.72. The van der Waals surface area contributed by atoms with E-state index in [-0.39, 0.29) is 62.3 Å². The molecule has 1 saturated heterocycles. The number of pyridine rings is 1. The highest BCUT2D eigenvalue weighted by Gasteiger charge is 2.64. The number of nitrogens with one attached hydrogen (secondary N) is 1. The van der Waals surface area contributed by atoms with Crippen molar-refractivity contribution in [2.45, 2.75) is 50.2 Å². The summed E-state index contributed by atoms with van der Waals surface area (Å²) in [5, 5.41) is 16.7. The minimum atomic E-state index is -4.62. The lowest BCUT2D eigenvalue weighted by atomic mass is 9.66. The largest absolute Gasteiger partial charge is 0.403 e. The highest BCUT2D eigenvalue weighted by molar-refractivity contribution is 5.98. The lowest BCUT2D eigenvalue weighted by molar-refractivity contribution is -0.249. The van der Waals surface area contributed by atoms with Crippen LogP contribution in [0.1, 0.15) is 48.9 Å². The molecule has 0 atom stereocenters. The molecule has 3 heterocycles. The van der Waals surface area contributed by atoms with Crippen LogP contribution >= 0.6 is 0 Å². The van der Waals surface area contributed by atoms with Crippen molar-refractivity contribution in [3.8, 4) is 6.07 Å². The van der Waals surface area contributed by atoms with Crippen LogP contribution in [0.25, 0.3) is 0 Å². The number of piperidine rings is 1. The van der Waals surface area contributed by atoms with Crippen molar-refractivity contribution in [2.24, 2.45) is 11.1 Å². The van der Waals surface area contributed by atoms with Crippen LogP contribution < -0.4 is 11.1 Å². The van der Waals surface area contributed by atoms with E-state index in [0.29, 0.717) is 6.42 Å². The molecule has 1 aliphatic heterocycles. The highest BCUT2D eigenvalue weighted by Crippen LogP contribution is 2.54. The molecule has 186 valence electrons. The molecule has 2 aromatic heterocycles. The van der Waals surface area contributed by atoms with Gasteiger partial charge in [-0.2, -0.15) is 27.9 Å². The van der Waals surface area contributed by atoms with E-state index >= 15 is 0 Å². The lowest BCUT2D eigenvalue weighted by Crippen LogP contribution is -2.59. The first-order valence-corrected chi connectivity index (χ1v) is 11.0. The summed E-state index contributed by atoms with van der Waals surface area (Å²) in [5.41, 5.74) is 2.44. The molecule has 0 spiro atoms. The second-order valence-electron chi connectivity index (χ2n) is 8.98. The smallest absolute Gasteiger partial charge is 0.365 e. The average molecular weight is 493 g/mol. The summed E-state index contributed by atoms with van der Waals surface area (Å²) in [7, 11) is 0. The lowest BCUT2D eigenvalue weighted by Gasteiger charge is -2.47. The summed E-state index contributed by atoms with van der Waals surface area (Å²) in [6, 6.07) is 4.62. The molecule has 0 unspecified atom stereocenters. The van der Waals surface area contributed by atoms with Gasteiger partial charge >= 0.3 is 6.18 Å². The highest BCUT2D eigenvalue weighted by atomic mass is 19.4. The van der Waals surface area contributed by atoms with Gasteiger partial charge in [-0.05, 0) is 31.7 Å². The molecule has 4 rings (SSSR count). The zero-order valence-electron chi connectivity index (χ0n) is 18.6. The molecule has 3 N–H and O–H groups in total. The van der Waals surface area contributed by atoms with Gasteiger partial charge < -0.3 is 16.0 Å². The number of hydrogen-bond donors (Lipinski definition) is 2. The van der Waals surface area contributed by atoms with E-state index in [2.05, 4.69) is 21.5 Å². The van der Waals surface area contributed by atoms with E-state index in [9.17, 15) is 32.4 Å². The molecule has 13 heteroatoms. The van der Waals surface area contributed by atoms with Gasteiger partial charge in [0, 0.05) is 37.2 Å². The van der Waals surface area contributed by atoms with Crippen molar-refractivity contribution in [1.82, 2.24) is 19.7 Å². The Morgan fingerprint density at radius 2 is 1.91 bits per heavy atom. The molecule has 2 amide bonds. The summed E-state index contributed by atoms with van der Waals surface area (Å²) < 4.78 is 55.8. The van der Waals surface area contributed by atoms with Crippen LogP contribution in [0.3, 0.4) is 0 Å². The van der Waals surface area contributed by atoms with Crippen molar-refractivity contribution in [3.63, 3.8) is 0 Å². The van der Waals surface area contributed by atoms with Gasteiger partial charge in [0.15, 0.2) is 5.82 Å². The molecule has 35 heavy (non-hydrogen) atoms. The van der Waals surface area contributed by atoms with E-state index in [4.69, 9.17) is 5.73 Å². The van der Waals surface area contributed by atoms with Crippen LogP contribution in [0.2, 0.25) is 0 Å². The number of nitriles is 1. The number of halogens is 4. The zero-order chi connectivity index (χ0) is 25.4. The Bertz CT molecular complexity index is 1180. The molecule has 0 bridgehead atoms. The van der Waals surface area contributed by atoms with E-state index in [1.165, 1.54) is 28.0 Å². The number of hydrogen-bond acceptors (Lipinski definition) is 6. The topological polar surface area (TPSA) is 130 Å². The molecular weight excluding hydrogens is 470 g/mol. The van der Waals surface area contributed by atoms with Crippen molar-refractivity contribution in [3.05, 3.63) is 36.0 Å². The number of alkyl halides is 3. The maximum absolute atomic E-state index is 13.6. The van der Waals surface area contributed by atoms with Crippen molar-refractivity contribution in [1.29, 1.82) is 5.26 Å². The number of carbonyl (C=O) groups excluding carboxylic acids is 2. The Labute approximate surface area is 197 Å². The van der Waals surface area contributed by atoms with Gasteiger partial charge in [0.05, 0.1) is 18.0 Å². The minimum Gasteiger partial charge on any atom is -0.365 e. The van der Waals surface area contributed by atoms with Crippen LogP contribution in [-0.4, -0.2) is 50.7 Å². The van der Waals surface area contributed by atoms with Crippen LogP contribution in [0.15, 0.2) is 24.5 Å². The number of primary amides is 1. The third-order valence-electron chi connectivity index (χ3n) is 7.00. The Hall–Kier alpha value is -3.69. The van der Waals surface area contributed by atoms with E-state index in [0.717, 1.165) is 6.07 Å². The zero-order valence-corrected chi connectivity index (χ0v) is 18.6. The molecule has 9 nitrogen and oxygen atoms in total. The first kappa shape index (κ1) is 24.4. The minimum absolute atomic E-state index is 0.00242. The van der Waals surface area contributed by atoms with E-state index in [1.54, 1.807) is 0 Å². The first-order chi connectivity index (χ1) is 16.5. The summed E-state index contributed by atoms with van der Waals surface area (Å²) in [6.07, 6.45) is -1.87. The third kappa shape index (κ3) is 4.28. The fourth-order valence-electron chi connectivity index (χ4n) is 4.72. The van der Waals surface area contributed by atoms with Crippen molar-refractivity contribution in [2.75, 3.05) is 18.4 Å². The van der Waals surface area contributed by atoms with Crippen LogP contribution in [0.5, 0.6) is 0 Å². The predicted molar refractivity (Wildman–Crippen MR) is 115 cm³/mol. The summed E-state index contributed by atoms with van der Waals surface area (Å²) in [6.45, 7) is 0.00483. The standard InChI is InChI=1S/C22H23F4N7O2/c23-16-12-14(2-9-29-16)30-18-15(17(28)34)13-33(31-18)20(5-8-27)6-10-32(11-7-20)19(35)21(3-1-4-21)22(24,25)26/h2,9,12-13H,1,3-7,10-11H2,(H2,28,34)(H,29,30,31). The SMILES string of the molecule is N#CCC1(n2cc(C(N)=O)c(Nc3ccnc(F)c3)n2)CCN(C(=O)C2(C(F)(F)F)CCC2)CC1. The number of anilines is 2. The van der Waals surface area contributed by atoms with Gasteiger partial charge in [0.1, 0.15) is 11.0 Å². The second kappa shape index (κ2) is 8.83. The predicted octanol–water partition coefficient (Wildman–Crippen LogP) is 3.22. The molecule has 1 aliphatic carbocycles. The Balaban J connectivity index is 1.59. The maximum atomic E-state index is 13.6. The first-order valence-electron chi connectivity index (χ1n) is 11.0. The maximum Gasteiger partial charge on any atom is 0.403 e. The quantitative estimate of drug-likeness (QED) is 0.470. The summed E-state index contributed by atoms with van der Waals surface area (Å²) in [4.78, 5) is 29.5. The summed E-state index contributed by atoms with van der Waals surface area (Å²) >= 11 is 0. The van der Waals surface area contributed by atoms with Gasteiger partial charge in [0.2, 0.25) is 11.9 Å². The Kier molecular flexibility index (Phi) is 6.16. The Morgan fingerprint density at radius 3 is 2.43 bits per heavy atom. The molecule has 2 aliphatic rings. The van der Waals surface area contributed by atoms with Gasteiger partial charge in [0.25, 0.3) is 5.91 Å². The molecule has 0 radical (unpaired) electrons. The number of likely N-dealkylation sites (tertiary alicyclic amines) is 1. The van der Waals surface area contributed by atoms with Crippen LogP contribution in [0.4, 0.5) is 29.1 Å². The number of aromatic nitrogens is 3. The van der Waals surface area contributed by atoms with Crippen molar-refractivity contribution >= 4 is 23.3 Å². The number of nitrogens with two attached hydrogens (primary N) is 1. The molecule has 0 aromatic carbocycles. The van der Waals surface area contributed by atoms with Gasteiger partial charge in [-0.1, -0.05) is 6.42 Å². The van der Waals surface area contributed by atoms with E-state index in [1.807, 2.05) is 0 Å². The molecule has 1 saturated carbocycles. The van der Waals surface area contributed by atoms with Crippen LogP contribution in [0, 0.1) is 22.7 Å². The number of nitrogens with zero attached hydrogens (tertiary/aromatic N) is 5. The second-order valence-corrected chi connectivity index (χ2v) is 8.98. The monoisotopic (exact) mass is 493 g/mol. The number of amides is 2. The Morgan fingerprint density at radius 1 is 1.23 bits per heavy atom. The number of rotatable bonds is 6. The van der Waals surface area contributed by atoms with Gasteiger partial charge in [-0.3, -0.25) is 14.3 Å². The average Bonchev–Trinajstić information content (AvgIpc) is 3.17. The third-order valence-corrected chi connectivity index (χ3v) is 7.00. The fraction of sp³-hybridized carbons (Fsp3) is 0.500. The number of carbonyl (C=O) groups is 2.